The van der Waals surface area contributed by atoms with Crippen molar-refractivity contribution in [2.75, 3.05) is 20.2 Å². The minimum absolute atomic E-state index is 0.298. The van der Waals surface area contributed by atoms with Crippen LogP contribution in [0, 0.1) is 5.95 Å². The molecular formula is C10H12ClFN2O. The Labute approximate surface area is 92.6 Å². The number of halogens is 2. The number of ether oxygens (including phenoxy) is 1. The molecule has 2 rings (SSSR count). The van der Waals surface area contributed by atoms with Crippen LogP contribution in [0.1, 0.15) is 5.56 Å². The molecule has 0 radical (unpaired) electrons. The molecule has 82 valence electrons. The molecule has 1 N–H and O–H groups in total. The topological polar surface area (TPSA) is 34.1 Å². The Morgan fingerprint density at radius 3 is 2.93 bits per heavy atom. The van der Waals surface area contributed by atoms with E-state index in [9.17, 15) is 4.39 Å². The average Bonchev–Trinajstić information content (AvgIpc) is 2.17. The third-order valence-corrected chi connectivity index (χ3v) is 2.92. The molecule has 0 saturated carbocycles. The Hall–Kier alpha value is -0.710. The summed E-state index contributed by atoms with van der Waals surface area (Å²) in [7, 11) is 1.64. The highest BCUT2D eigenvalue weighted by atomic mass is 35.5. The van der Waals surface area contributed by atoms with Crippen molar-refractivity contribution in [1.29, 1.82) is 0 Å². The van der Waals surface area contributed by atoms with E-state index in [0.717, 1.165) is 13.1 Å². The summed E-state index contributed by atoms with van der Waals surface area (Å²) in [5.74, 6) is -0.470. The van der Waals surface area contributed by atoms with E-state index in [1.807, 2.05) is 0 Å². The zero-order valence-electron chi connectivity index (χ0n) is 8.39. The van der Waals surface area contributed by atoms with Crippen LogP contribution in [0.25, 0.3) is 0 Å². The first-order valence-electron chi connectivity index (χ1n) is 4.71. The maximum absolute atomic E-state index is 13.4. The van der Waals surface area contributed by atoms with E-state index in [1.54, 1.807) is 13.2 Å². The molecule has 1 saturated heterocycles. The van der Waals surface area contributed by atoms with Crippen LogP contribution in [0.5, 0.6) is 0 Å². The van der Waals surface area contributed by atoms with E-state index in [4.69, 9.17) is 16.3 Å². The molecule has 0 amide bonds. The Kier molecular flexibility index (Phi) is 2.91. The summed E-state index contributed by atoms with van der Waals surface area (Å²) in [4.78, 5) is 3.58. The van der Waals surface area contributed by atoms with E-state index in [-0.39, 0.29) is 5.60 Å². The number of hydrogen-bond acceptors (Lipinski definition) is 3. The van der Waals surface area contributed by atoms with Gasteiger partial charge in [-0.05, 0) is 6.07 Å². The standard InChI is InChI=1S/C10H12ClFN2O/c1-15-10(5-13-6-10)3-7-2-8(11)4-14-9(7)12/h2,4,13H,3,5-6H2,1H3. The molecule has 0 bridgehead atoms. The number of methoxy groups -OCH3 is 1. The molecule has 0 atom stereocenters. The van der Waals surface area contributed by atoms with Crippen LogP contribution in [-0.2, 0) is 11.2 Å². The second-order valence-corrected chi connectivity index (χ2v) is 4.21. The summed E-state index contributed by atoms with van der Waals surface area (Å²) in [6.07, 6.45) is 1.80. The van der Waals surface area contributed by atoms with Crippen LogP contribution in [-0.4, -0.2) is 30.8 Å². The SMILES string of the molecule is COC1(Cc2cc(Cl)cnc2F)CNC1. The van der Waals surface area contributed by atoms with E-state index < -0.39 is 5.95 Å². The van der Waals surface area contributed by atoms with Gasteiger partial charge in [-0.3, -0.25) is 0 Å². The van der Waals surface area contributed by atoms with Gasteiger partial charge >= 0.3 is 0 Å². The fourth-order valence-electron chi connectivity index (χ4n) is 1.68. The highest BCUT2D eigenvalue weighted by molar-refractivity contribution is 6.30. The predicted octanol–water partition coefficient (Wildman–Crippen LogP) is 1.41. The van der Waals surface area contributed by atoms with Crippen molar-refractivity contribution in [1.82, 2.24) is 10.3 Å². The first-order chi connectivity index (χ1) is 7.15. The summed E-state index contributed by atoms with van der Waals surface area (Å²) in [5, 5.41) is 3.56. The van der Waals surface area contributed by atoms with E-state index in [0.29, 0.717) is 17.0 Å². The minimum atomic E-state index is -0.470. The van der Waals surface area contributed by atoms with Gasteiger partial charge in [0.05, 0.1) is 10.6 Å². The average molecular weight is 231 g/mol. The predicted molar refractivity (Wildman–Crippen MR) is 55.5 cm³/mol. The Bertz CT molecular complexity index is 363. The first kappa shape index (κ1) is 10.8. The third-order valence-electron chi connectivity index (χ3n) is 2.72. The lowest BCUT2D eigenvalue weighted by Crippen LogP contribution is -2.62. The summed E-state index contributed by atoms with van der Waals surface area (Å²) in [6, 6.07) is 1.60. The minimum Gasteiger partial charge on any atom is -0.375 e. The molecule has 15 heavy (non-hydrogen) atoms. The van der Waals surface area contributed by atoms with Crippen molar-refractivity contribution in [2.45, 2.75) is 12.0 Å². The third kappa shape index (κ3) is 2.12. The summed E-state index contributed by atoms with van der Waals surface area (Å²) in [6.45, 7) is 1.46. The van der Waals surface area contributed by atoms with Crippen molar-refractivity contribution in [3.63, 3.8) is 0 Å². The van der Waals surface area contributed by atoms with Gasteiger partial charge in [0, 0.05) is 38.4 Å². The zero-order chi connectivity index (χ0) is 10.9. The molecule has 1 aromatic heterocycles. The monoisotopic (exact) mass is 230 g/mol. The van der Waals surface area contributed by atoms with E-state index in [1.165, 1.54) is 6.20 Å². The molecule has 1 aromatic rings. The number of aromatic nitrogens is 1. The van der Waals surface area contributed by atoms with Gasteiger partial charge in [-0.25, -0.2) is 4.98 Å². The highest BCUT2D eigenvalue weighted by Crippen LogP contribution is 2.24. The van der Waals surface area contributed by atoms with Gasteiger partial charge in [-0.1, -0.05) is 11.6 Å². The van der Waals surface area contributed by atoms with Crippen LogP contribution in [0.2, 0.25) is 5.02 Å². The van der Waals surface area contributed by atoms with Crippen LogP contribution in [0.4, 0.5) is 4.39 Å². The second kappa shape index (κ2) is 4.04. The van der Waals surface area contributed by atoms with Crippen molar-refractivity contribution < 1.29 is 9.13 Å². The summed E-state index contributed by atoms with van der Waals surface area (Å²) in [5.41, 5.74) is 0.207. The quantitative estimate of drug-likeness (QED) is 0.798. The molecule has 0 aromatic carbocycles. The van der Waals surface area contributed by atoms with Gasteiger partial charge in [-0.15, -0.1) is 0 Å². The molecule has 1 aliphatic rings. The molecule has 0 aliphatic carbocycles. The van der Waals surface area contributed by atoms with Gasteiger partial charge in [0.1, 0.15) is 0 Å². The largest absolute Gasteiger partial charge is 0.375 e. The van der Waals surface area contributed by atoms with Crippen LogP contribution in [0.3, 0.4) is 0 Å². The number of hydrogen-bond donors (Lipinski definition) is 1. The van der Waals surface area contributed by atoms with E-state index in [2.05, 4.69) is 10.3 Å². The smallest absolute Gasteiger partial charge is 0.216 e. The Balaban J connectivity index is 2.19. The molecule has 3 nitrogen and oxygen atoms in total. The van der Waals surface area contributed by atoms with Crippen LogP contribution >= 0.6 is 11.6 Å². The fraction of sp³-hybridized carbons (Fsp3) is 0.500. The number of rotatable bonds is 3. The highest BCUT2D eigenvalue weighted by Gasteiger charge is 2.37. The molecule has 2 heterocycles. The van der Waals surface area contributed by atoms with Gasteiger partial charge in [0.15, 0.2) is 0 Å². The van der Waals surface area contributed by atoms with Gasteiger partial charge in [0.2, 0.25) is 5.95 Å². The lowest BCUT2D eigenvalue weighted by Gasteiger charge is -2.41. The van der Waals surface area contributed by atoms with Crippen molar-refractivity contribution >= 4 is 11.6 Å². The second-order valence-electron chi connectivity index (χ2n) is 3.77. The molecular weight excluding hydrogens is 219 g/mol. The van der Waals surface area contributed by atoms with Gasteiger partial charge in [-0.2, -0.15) is 4.39 Å². The van der Waals surface area contributed by atoms with E-state index >= 15 is 0 Å². The maximum atomic E-state index is 13.4. The first-order valence-corrected chi connectivity index (χ1v) is 5.09. The molecule has 1 fully saturated rings. The number of nitrogens with zero attached hydrogens (tertiary/aromatic N) is 1. The molecule has 1 aliphatic heterocycles. The Morgan fingerprint density at radius 1 is 1.67 bits per heavy atom. The van der Waals surface area contributed by atoms with Crippen LogP contribution < -0.4 is 5.32 Å². The van der Waals surface area contributed by atoms with Gasteiger partial charge < -0.3 is 10.1 Å². The lowest BCUT2D eigenvalue weighted by atomic mass is 9.89. The fourth-order valence-corrected chi connectivity index (χ4v) is 1.86. The van der Waals surface area contributed by atoms with Crippen molar-refractivity contribution in [3.8, 4) is 0 Å². The zero-order valence-corrected chi connectivity index (χ0v) is 9.14. The molecule has 0 spiro atoms. The number of nitrogens with one attached hydrogen (secondary N) is 1. The Morgan fingerprint density at radius 2 is 2.40 bits per heavy atom. The summed E-state index contributed by atoms with van der Waals surface area (Å²) >= 11 is 5.76. The normalized spacial score (nSPS) is 18.6. The number of pyridine rings is 1. The summed E-state index contributed by atoms with van der Waals surface area (Å²) < 4.78 is 18.7. The molecule has 0 unspecified atom stereocenters. The maximum Gasteiger partial charge on any atom is 0.216 e. The van der Waals surface area contributed by atoms with Crippen molar-refractivity contribution in [2.24, 2.45) is 0 Å². The van der Waals surface area contributed by atoms with Crippen molar-refractivity contribution in [3.05, 3.63) is 28.8 Å². The van der Waals surface area contributed by atoms with Gasteiger partial charge in [0.25, 0.3) is 0 Å². The van der Waals surface area contributed by atoms with Crippen LogP contribution in [0.15, 0.2) is 12.3 Å². The lowest BCUT2D eigenvalue weighted by molar-refractivity contribution is -0.0508. The molecule has 5 heteroatoms.